The van der Waals surface area contributed by atoms with E-state index < -0.39 is 11.7 Å². The van der Waals surface area contributed by atoms with E-state index in [1.54, 1.807) is 22.7 Å². The zero-order chi connectivity index (χ0) is 22.0. The summed E-state index contributed by atoms with van der Waals surface area (Å²) in [4.78, 5) is 41.3. The second-order valence-electron chi connectivity index (χ2n) is 8.02. The van der Waals surface area contributed by atoms with E-state index in [-0.39, 0.29) is 36.9 Å². The van der Waals surface area contributed by atoms with E-state index in [4.69, 9.17) is 0 Å². The molecular formula is C22H26FN5O3. The van der Waals surface area contributed by atoms with Crippen LogP contribution in [0.25, 0.3) is 0 Å². The van der Waals surface area contributed by atoms with Crippen LogP contribution in [0.15, 0.2) is 24.3 Å². The van der Waals surface area contributed by atoms with E-state index in [0.717, 1.165) is 31.6 Å². The fourth-order valence-electron chi connectivity index (χ4n) is 4.24. The summed E-state index contributed by atoms with van der Waals surface area (Å²) in [7, 11) is 1.77. The number of hydrogen-bond donors (Lipinski definition) is 1. The Morgan fingerprint density at radius 2 is 1.77 bits per heavy atom. The minimum atomic E-state index is -0.444. The van der Waals surface area contributed by atoms with Crippen LogP contribution in [0.4, 0.5) is 10.1 Å². The fraction of sp³-hybridized carbons (Fsp3) is 0.455. The van der Waals surface area contributed by atoms with Crippen molar-refractivity contribution in [3.63, 3.8) is 0 Å². The lowest BCUT2D eigenvalue weighted by Crippen LogP contribution is -2.37. The lowest BCUT2D eigenvalue weighted by Gasteiger charge is -2.28. The zero-order valence-electron chi connectivity index (χ0n) is 17.6. The van der Waals surface area contributed by atoms with Gasteiger partial charge in [0.2, 0.25) is 11.8 Å². The zero-order valence-corrected chi connectivity index (χ0v) is 17.6. The molecule has 31 heavy (non-hydrogen) atoms. The van der Waals surface area contributed by atoms with E-state index in [2.05, 4.69) is 10.4 Å². The number of benzene rings is 1. The quantitative estimate of drug-likeness (QED) is 0.792. The summed E-state index contributed by atoms with van der Waals surface area (Å²) in [6.07, 6.45) is 3.00. The normalized spacial score (nSPS) is 15.7. The summed E-state index contributed by atoms with van der Waals surface area (Å²) >= 11 is 0. The molecule has 1 saturated heterocycles. The number of anilines is 1. The highest BCUT2D eigenvalue weighted by Crippen LogP contribution is 2.24. The molecule has 0 bridgehead atoms. The molecule has 2 aliphatic rings. The minimum absolute atomic E-state index is 0.0279. The monoisotopic (exact) mass is 427 g/mol. The molecule has 0 spiro atoms. The highest BCUT2D eigenvalue weighted by molar-refractivity contribution is 6.04. The summed E-state index contributed by atoms with van der Waals surface area (Å²) in [6.45, 7) is 2.35. The number of amides is 3. The van der Waals surface area contributed by atoms with Gasteiger partial charge in [0.05, 0.1) is 0 Å². The van der Waals surface area contributed by atoms with Crippen molar-refractivity contribution in [1.29, 1.82) is 0 Å². The molecule has 0 radical (unpaired) electrons. The number of halogens is 1. The maximum Gasteiger partial charge on any atom is 0.276 e. The predicted molar refractivity (Wildman–Crippen MR) is 112 cm³/mol. The second-order valence-corrected chi connectivity index (χ2v) is 8.02. The van der Waals surface area contributed by atoms with Gasteiger partial charge in [-0.1, -0.05) is 6.07 Å². The Morgan fingerprint density at radius 3 is 2.48 bits per heavy atom. The summed E-state index contributed by atoms with van der Waals surface area (Å²) in [5.41, 5.74) is 2.17. The molecule has 2 aromatic rings. The van der Waals surface area contributed by atoms with Gasteiger partial charge in [0.15, 0.2) is 5.69 Å². The lowest BCUT2D eigenvalue weighted by molar-refractivity contribution is -0.137. The molecule has 1 aromatic carbocycles. The lowest BCUT2D eigenvalue weighted by atomic mass is 10.0. The van der Waals surface area contributed by atoms with E-state index >= 15 is 0 Å². The third-order valence-corrected chi connectivity index (χ3v) is 5.90. The summed E-state index contributed by atoms with van der Waals surface area (Å²) < 4.78 is 15.1. The van der Waals surface area contributed by atoms with Gasteiger partial charge in [-0.2, -0.15) is 5.10 Å². The van der Waals surface area contributed by atoms with Crippen LogP contribution in [0, 0.1) is 5.82 Å². The molecule has 0 atom stereocenters. The van der Waals surface area contributed by atoms with Gasteiger partial charge in [0.1, 0.15) is 5.82 Å². The molecule has 4 rings (SSSR count). The van der Waals surface area contributed by atoms with Crippen LogP contribution in [0.3, 0.4) is 0 Å². The van der Waals surface area contributed by atoms with Crippen molar-refractivity contribution >= 4 is 23.4 Å². The molecular weight excluding hydrogens is 401 g/mol. The molecule has 0 saturated carbocycles. The van der Waals surface area contributed by atoms with Gasteiger partial charge < -0.3 is 15.1 Å². The molecule has 164 valence electrons. The van der Waals surface area contributed by atoms with E-state index in [1.807, 2.05) is 4.90 Å². The molecule has 1 N–H and O–H groups in total. The van der Waals surface area contributed by atoms with Gasteiger partial charge >= 0.3 is 0 Å². The van der Waals surface area contributed by atoms with Crippen LogP contribution in [0.2, 0.25) is 0 Å². The molecule has 2 aliphatic heterocycles. The van der Waals surface area contributed by atoms with Crippen LogP contribution in [0.5, 0.6) is 0 Å². The number of nitrogens with one attached hydrogen (secondary N) is 1. The van der Waals surface area contributed by atoms with Crippen LogP contribution >= 0.6 is 0 Å². The van der Waals surface area contributed by atoms with Gasteiger partial charge in [-0.15, -0.1) is 0 Å². The van der Waals surface area contributed by atoms with Crippen molar-refractivity contribution in [2.45, 2.75) is 38.6 Å². The Hall–Kier alpha value is -3.23. The number of carbonyl (C=O) groups excluding carboxylic acids is 3. The van der Waals surface area contributed by atoms with E-state index in [9.17, 15) is 18.8 Å². The predicted octanol–water partition coefficient (Wildman–Crippen LogP) is 2.10. The SMILES string of the molecule is Cn1nc(C(=O)Nc2cccc(F)c2)c2c1CCN(C(=O)CCC(=O)N1CCCC1)C2. The van der Waals surface area contributed by atoms with E-state index in [0.29, 0.717) is 24.2 Å². The number of rotatable bonds is 5. The number of fused-ring (bicyclic) bond motifs is 1. The summed E-state index contributed by atoms with van der Waals surface area (Å²) in [6, 6.07) is 5.66. The number of hydrogen-bond acceptors (Lipinski definition) is 4. The van der Waals surface area contributed by atoms with Crippen molar-refractivity contribution in [3.8, 4) is 0 Å². The first-order valence-electron chi connectivity index (χ1n) is 10.6. The molecule has 0 unspecified atom stereocenters. The van der Waals surface area contributed by atoms with Crippen molar-refractivity contribution in [1.82, 2.24) is 19.6 Å². The smallest absolute Gasteiger partial charge is 0.276 e. The third kappa shape index (κ3) is 4.60. The first-order chi connectivity index (χ1) is 14.9. The maximum atomic E-state index is 13.4. The van der Waals surface area contributed by atoms with Gasteiger partial charge in [-0.05, 0) is 31.0 Å². The number of aromatic nitrogens is 2. The van der Waals surface area contributed by atoms with Crippen LogP contribution in [-0.2, 0) is 29.6 Å². The van der Waals surface area contributed by atoms with Crippen molar-refractivity contribution in [3.05, 3.63) is 47.0 Å². The van der Waals surface area contributed by atoms with Crippen molar-refractivity contribution in [2.75, 3.05) is 25.0 Å². The Bertz CT molecular complexity index is 1010. The number of carbonyl (C=O) groups is 3. The average molecular weight is 427 g/mol. The Morgan fingerprint density at radius 1 is 1.06 bits per heavy atom. The fourth-order valence-corrected chi connectivity index (χ4v) is 4.24. The highest BCUT2D eigenvalue weighted by Gasteiger charge is 2.30. The van der Waals surface area contributed by atoms with E-state index in [1.165, 1.54) is 18.2 Å². The topological polar surface area (TPSA) is 87.5 Å². The molecule has 3 heterocycles. The van der Waals surface area contributed by atoms with Gasteiger partial charge in [0, 0.05) is 69.4 Å². The Kier molecular flexibility index (Phi) is 6.01. The first-order valence-corrected chi connectivity index (χ1v) is 10.6. The number of likely N-dealkylation sites (tertiary alicyclic amines) is 1. The van der Waals surface area contributed by atoms with Gasteiger partial charge in [-0.25, -0.2) is 4.39 Å². The molecule has 0 aliphatic carbocycles. The van der Waals surface area contributed by atoms with Gasteiger partial charge in [-0.3, -0.25) is 19.1 Å². The first kappa shape index (κ1) is 21.0. The Labute approximate surface area is 180 Å². The molecule has 3 amide bonds. The maximum absolute atomic E-state index is 13.4. The van der Waals surface area contributed by atoms with Crippen molar-refractivity contribution < 1.29 is 18.8 Å². The van der Waals surface area contributed by atoms with Crippen LogP contribution in [0.1, 0.15) is 47.4 Å². The average Bonchev–Trinajstić information content (AvgIpc) is 3.40. The molecule has 1 fully saturated rings. The number of aryl methyl sites for hydroxylation is 1. The van der Waals surface area contributed by atoms with Gasteiger partial charge in [0.25, 0.3) is 5.91 Å². The largest absolute Gasteiger partial charge is 0.343 e. The highest BCUT2D eigenvalue weighted by atomic mass is 19.1. The summed E-state index contributed by atoms with van der Waals surface area (Å²) in [5, 5.41) is 7.01. The van der Waals surface area contributed by atoms with Crippen molar-refractivity contribution in [2.24, 2.45) is 7.05 Å². The molecule has 9 heteroatoms. The second kappa shape index (κ2) is 8.87. The standard InChI is InChI=1S/C22H26FN5O3/c1-26-18-9-12-28(20(30)8-7-19(29)27-10-2-3-11-27)14-17(18)21(25-26)22(31)24-16-6-4-5-15(23)13-16/h4-6,13H,2-3,7-12,14H2,1H3,(H,24,31). The van der Waals surface area contributed by atoms with Crippen LogP contribution < -0.4 is 5.32 Å². The van der Waals surface area contributed by atoms with Crippen LogP contribution in [-0.4, -0.2) is 56.9 Å². The third-order valence-electron chi connectivity index (χ3n) is 5.90. The summed E-state index contributed by atoms with van der Waals surface area (Å²) in [5.74, 6) is -0.958. The Balaban J connectivity index is 1.42. The molecule has 8 nitrogen and oxygen atoms in total. The minimum Gasteiger partial charge on any atom is -0.343 e. The molecule has 1 aromatic heterocycles. The number of nitrogens with zero attached hydrogens (tertiary/aromatic N) is 4.